The lowest BCUT2D eigenvalue weighted by Crippen LogP contribution is -2.20. The molecule has 0 bridgehead atoms. The van der Waals surface area contributed by atoms with Crippen molar-refractivity contribution in [1.82, 2.24) is 0 Å². The molecule has 4 heteroatoms. The third-order valence-corrected chi connectivity index (χ3v) is 1.16. The van der Waals surface area contributed by atoms with E-state index in [4.69, 9.17) is 15.3 Å². The van der Waals surface area contributed by atoms with E-state index in [1.165, 1.54) is 0 Å². The summed E-state index contributed by atoms with van der Waals surface area (Å²) in [6.07, 6.45) is 0.222. The Balaban J connectivity index is 0. The fourth-order valence-electron chi connectivity index (χ4n) is 0.0500. The van der Waals surface area contributed by atoms with E-state index in [0.717, 1.165) is 0 Å². The standard InChI is InChI=1S/C5H12O2.C3H6O2/c1-5(2,3-6)4-7;1-2-3(4)5/h6-7H,3-4H2,1-2H3;2H2,1H3,(H,4,5). The lowest BCUT2D eigenvalue weighted by molar-refractivity contribution is -0.136. The Labute approximate surface area is 72.8 Å². The van der Waals surface area contributed by atoms with Gasteiger partial charge < -0.3 is 15.3 Å². The fraction of sp³-hybridized carbons (Fsp3) is 0.875. The van der Waals surface area contributed by atoms with Crippen molar-refractivity contribution in [3.8, 4) is 0 Å². The molecule has 3 N–H and O–H groups in total. The van der Waals surface area contributed by atoms with E-state index < -0.39 is 5.97 Å². The molecule has 0 atom stereocenters. The number of carboxylic acids is 1. The second-order valence-electron chi connectivity index (χ2n) is 3.23. The molecule has 12 heavy (non-hydrogen) atoms. The van der Waals surface area contributed by atoms with Crippen LogP contribution in [0.5, 0.6) is 0 Å². The molecule has 0 aromatic heterocycles. The van der Waals surface area contributed by atoms with Gasteiger partial charge in [0.15, 0.2) is 0 Å². The number of hydrogen-bond acceptors (Lipinski definition) is 3. The zero-order chi connectivity index (χ0) is 10.2. The van der Waals surface area contributed by atoms with Gasteiger partial charge in [-0.05, 0) is 0 Å². The predicted octanol–water partition coefficient (Wildman–Crippen LogP) is 0.478. The van der Waals surface area contributed by atoms with Gasteiger partial charge in [0.25, 0.3) is 0 Å². The van der Waals surface area contributed by atoms with Gasteiger partial charge in [-0.2, -0.15) is 0 Å². The molecular weight excluding hydrogens is 160 g/mol. The van der Waals surface area contributed by atoms with Crippen molar-refractivity contribution in [2.75, 3.05) is 13.2 Å². The minimum atomic E-state index is -0.745. The van der Waals surface area contributed by atoms with Gasteiger partial charge >= 0.3 is 5.97 Å². The monoisotopic (exact) mass is 178 g/mol. The molecule has 0 spiro atoms. The van der Waals surface area contributed by atoms with Gasteiger partial charge in [0.1, 0.15) is 0 Å². The maximum atomic E-state index is 9.37. The topological polar surface area (TPSA) is 77.8 Å². The van der Waals surface area contributed by atoms with E-state index in [1.54, 1.807) is 20.8 Å². The quantitative estimate of drug-likeness (QED) is 0.587. The van der Waals surface area contributed by atoms with Crippen molar-refractivity contribution in [3.05, 3.63) is 0 Å². The number of rotatable bonds is 3. The molecule has 0 rings (SSSR count). The van der Waals surface area contributed by atoms with Crippen molar-refractivity contribution < 1.29 is 20.1 Å². The van der Waals surface area contributed by atoms with Crippen LogP contribution in [-0.4, -0.2) is 34.5 Å². The normalized spacial score (nSPS) is 10.1. The van der Waals surface area contributed by atoms with Crippen LogP contribution < -0.4 is 0 Å². The van der Waals surface area contributed by atoms with Crippen LogP contribution in [0.4, 0.5) is 0 Å². The zero-order valence-electron chi connectivity index (χ0n) is 7.87. The number of carboxylic acid groups (broad SMARTS) is 1. The maximum absolute atomic E-state index is 9.37. The Morgan fingerprint density at radius 3 is 1.50 bits per heavy atom. The Kier molecular flexibility index (Phi) is 8.21. The second kappa shape index (κ2) is 7.06. The summed E-state index contributed by atoms with van der Waals surface area (Å²) in [6, 6.07) is 0. The Morgan fingerprint density at radius 1 is 1.25 bits per heavy atom. The van der Waals surface area contributed by atoms with E-state index >= 15 is 0 Å². The Hall–Kier alpha value is -0.610. The average Bonchev–Trinajstić information content (AvgIpc) is 2.05. The molecule has 0 aliphatic rings. The van der Waals surface area contributed by atoms with Crippen molar-refractivity contribution >= 4 is 5.97 Å². The summed E-state index contributed by atoms with van der Waals surface area (Å²) >= 11 is 0. The van der Waals surface area contributed by atoms with Crippen molar-refractivity contribution in [2.24, 2.45) is 5.41 Å². The van der Waals surface area contributed by atoms with Crippen molar-refractivity contribution in [2.45, 2.75) is 27.2 Å². The highest BCUT2D eigenvalue weighted by Gasteiger charge is 2.13. The third kappa shape index (κ3) is 12.1. The maximum Gasteiger partial charge on any atom is 0.303 e. The third-order valence-electron chi connectivity index (χ3n) is 1.16. The molecular formula is C8H18O4. The summed E-state index contributed by atoms with van der Waals surface area (Å²) in [5.41, 5.74) is -0.306. The summed E-state index contributed by atoms with van der Waals surface area (Å²) in [4.78, 5) is 9.37. The predicted molar refractivity (Wildman–Crippen MR) is 45.9 cm³/mol. The molecule has 0 aliphatic carbocycles. The Morgan fingerprint density at radius 2 is 1.50 bits per heavy atom. The smallest absolute Gasteiger partial charge is 0.303 e. The SMILES string of the molecule is CC(C)(CO)CO.CCC(=O)O. The zero-order valence-corrected chi connectivity index (χ0v) is 7.87. The molecule has 0 amide bonds. The van der Waals surface area contributed by atoms with Crippen LogP contribution in [0.25, 0.3) is 0 Å². The molecule has 0 aliphatic heterocycles. The lowest BCUT2D eigenvalue weighted by atomic mass is 9.97. The number of carbonyl (C=O) groups is 1. The molecule has 0 fully saturated rings. The summed E-state index contributed by atoms with van der Waals surface area (Å²) in [5.74, 6) is -0.745. The van der Waals surface area contributed by atoms with Gasteiger partial charge in [-0.1, -0.05) is 20.8 Å². The van der Waals surface area contributed by atoms with Crippen LogP contribution >= 0.6 is 0 Å². The molecule has 0 saturated heterocycles. The molecule has 0 saturated carbocycles. The highest BCUT2D eigenvalue weighted by Crippen LogP contribution is 2.10. The van der Waals surface area contributed by atoms with Gasteiger partial charge in [0, 0.05) is 11.8 Å². The van der Waals surface area contributed by atoms with Crippen molar-refractivity contribution in [3.63, 3.8) is 0 Å². The molecule has 0 radical (unpaired) electrons. The summed E-state index contributed by atoms with van der Waals surface area (Å²) in [7, 11) is 0. The van der Waals surface area contributed by atoms with E-state index in [0.29, 0.717) is 0 Å². The molecule has 74 valence electrons. The highest BCUT2D eigenvalue weighted by molar-refractivity contribution is 5.66. The highest BCUT2D eigenvalue weighted by atomic mass is 16.4. The molecule has 4 nitrogen and oxygen atoms in total. The molecule has 0 aromatic rings. The van der Waals surface area contributed by atoms with E-state index in [9.17, 15) is 4.79 Å². The van der Waals surface area contributed by atoms with E-state index in [-0.39, 0.29) is 25.0 Å². The summed E-state index contributed by atoms with van der Waals surface area (Å²) < 4.78 is 0. The molecule has 0 aromatic carbocycles. The fourth-order valence-corrected chi connectivity index (χ4v) is 0.0500. The number of aliphatic hydroxyl groups excluding tert-OH is 2. The van der Waals surface area contributed by atoms with Gasteiger partial charge in [-0.15, -0.1) is 0 Å². The first-order chi connectivity index (χ1) is 5.39. The second-order valence-corrected chi connectivity index (χ2v) is 3.23. The van der Waals surface area contributed by atoms with Crippen LogP contribution in [0.2, 0.25) is 0 Å². The summed E-state index contributed by atoms with van der Waals surface area (Å²) in [6.45, 7) is 5.29. The lowest BCUT2D eigenvalue weighted by Gasteiger charge is -2.16. The van der Waals surface area contributed by atoms with Crippen LogP contribution in [-0.2, 0) is 4.79 Å². The van der Waals surface area contributed by atoms with E-state index in [1.807, 2.05) is 0 Å². The van der Waals surface area contributed by atoms with Crippen LogP contribution in [0.1, 0.15) is 27.2 Å². The van der Waals surface area contributed by atoms with Crippen LogP contribution in [0.3, 0.4) is 0 Å². The van der Waals surface area contributed by atoms with Crippen LogP contribution in [0.15, 0.2) is 0 Å². The number of hydrogen-bond donors (Lipinski definition) is 3. The van der Waals surface area contributed by atoms with Crippen LogP contribution in [0, 0.1) is 5.41 Å². The average molecular weight is 178 g/mol. The minimum absolute atomic E-state index is 0.0451. The first kappa shape index (κ1) is 13.9. The van der Waals surface area contributed by atoms with Gasteiger partial charge in [-0.25, -0.2) is 0 Å². The Bertz CT molecular complexity index is 114. The van der Waals surface area contributed by atoms with Gasteiger partial charge in [0.05, 0.1) is 13.2 Å². The molecule has 0 unspecified atom stereocenters. The van der Waals surface area contributed by atoms with Gasteiger partial charge in [0.2, 0.25) is 0 Å². The largest absolute Gasteiger partial charge is 0.481 e. The number of aliphatic hydroxyl groups is 2. The van der Waals surface area contributed by atoms with Crippen molar-refractivity contribution in [1.29, 1.82) is 0 Å². The number of aliphatic carboxylic acids is 1. The van der Waals surface area contributed by atoms with Gasteiger partial charge in [-0.3, -0.25) is 4.79 Å². The molecule has 0 heterocycles. The first-order valence-corrected chi connectivity index (χ1v) is 3.83. The first-order valence-electron chi connectivity index (χ1n) is 3.83. The minimum Gasteiger partial charge on any atom is -0.481 e. The summed E-state index contributed by atoms with van der Waals surface area (Å²) in [5, 5.41) is 24.6. The van der Waals surface area contributed by atoms with E-state index in [2.05, 4.69) is 0 Å².